The molecule has 4 rings (SSSR count). The lowest BCUT2D eigenvalue weighted by atomic mass is 10.1. The minimum absolute atomic E-state index is 0.559. The van der Waals surface area contributed by atoms with Crippen molar-refractivity contribution >= 4 is 17.3 Å². The maximum Gasteiger partial charge on any atom is 0.263 e. The highest BCUT2D eigenvalue weighted by Gasteiger charge is 2.22. The Morgan fingerprint density at radius 3 is 2.48 bits per heavy atom. The normalized spacial score (nSPS) is 15.5. The molecule has 27 heavy (non-hydrogen) atoms. The van der Waals surface area contributed by atoms with Crippen LogP contribution in [0.5, 0.6) is 0 Å². The van der Waals surface area contributed by atoms with E-state index in [1.807, 2.05) is 32.0 Å². The van der Waals surface area contributed by atoms with E-state index in [1.54, 1.807) is 0 Å². The number of halogens is 1. The number of piperazine rings is 1. The fourth-order valence-corrected chi connectivity index (χ4v) is 3.68. The van der Waals surface area contributed by atoms with Crippen LogP contribution in [0.2, 0.25) is 5.02 Å². The van der Waals surface area contributed by atoms with Gasteiger partial charge in [0.25, 0.3) is 5.89 Å². The Bertz CT molecular complexity index is 939. The summed E-state index contributed by atoms with van der Waals surface area (Å²) in [5.74, 6) is 2.95. The van der Waals surface area contributed by atoms with Crippen molar-refractivity contribution in [2.75, 3.05) is 31.1 Å². The van der Waals surface area contributed by atoms with Crippen LogP contribution < -0.4 is 4.90 Å². The van der Waals surface area contributed by atoms with Crippen LogP contribution in [0.15, 0.2) is 39.2 Å². The highest BCUT2D eigenvalue weighted by Crippen LogP contribution is 2.27. The maximum atomic E-state index is 6.18. The average molecular weight is 386 g/mol. The van der Waals surface area contributed by atoms with Gasteiger partial charge in [-0.3, -0.25) is 4.90 Å². The minimum Gasteiger partial charge on any atom is -0.456 e. The van der Waals surface area contributed by atoms with Gasteiger partial charge in [-0.15, -0.1) is 0 Å². The molecule has 0 radical (unpaired) electrons. The molecule has 5 nitrogen and oxygen atoms in total. The molecule has 142 valence electrons. The van der Waals surface area contributed by atoms with Crippen molar-refractivity contribution < 1.29 is 8.83 Å². The molecule has 2 aromatic heterocycles. The smallest absolute Gasteiger partial charge is 0.263 e. The topological polar surface area (TPSA) is 45.7 Å². The molecule has 0 unspecified atom stereocenters. The number of oxazole rings is 1. The molecule has 1 fully saturated rings. The van der Waals surface area contributed by atoms with Crippen LogP contribution in [0.4, 0.5) is 5.69 Å². The number of nitrogens with zero attached hydrogens (tertiary/aromatic N) is 3. The second kappa shape index (κ2) is 7.41. The Morgan fingerprint density at radius 2 is 1.78 bits per heavy atom. The van der Waals surface area contributed by atoms with Crippen LogP contribution in [0, 0.1) is 20.8 Å². The van der Waals surface area contributed by atoms with Gasteiger partial charge in [0.1, 0.15) is 11.5 Å². The van der Waals surface area contributed by atoms with E-state index in [-0.39, 0.29) is 0 Å². The summed E-state index contributed by atoms with van der Waals surface area (Å²) >= 11 is 6.18. The Kier molecular flexibility index (Phi) is 4.98. The Morgan fingerprint density at radius 1 is 1.00 bits per heavy atom. The molecule has 1 aliphatic rings. The van der Waals surface area contributed by atoms with E-state index in [0.29, 0.717) is 11.7 Å². The van der Waals surface area contributed by atoms with Crippen molar-refractivity contribution in [2.45, 2.75) is 27.3 Å². The zero-order valence-electron chi connectivity index (χ0n) is 16.0. The number of hydrogen-bond acceptors (Lipinski definition) is 5. The van der Waals surface area contributed by atoms with Gasteiger partial charge in [0, 0.05) is 43.4 Å². The van der Waals surface area contributed by atoms with Crippen molar-refractivity contribution in [1.29, 1.82) is 0 Å². The number of aromatic nitrogens is 1. The molecule has 0 spiro atoms. The summed E-state index contributed by atoms with van der Waals surface area (Å²) in [6.07, 6.45) is 0. The third-order valence-electron chi connectivity index (χ3n) is 5.10. The van der Waals surface area contributed by atoms with E-state index >= 15 is 0 Å². The van der Waals surface area contributed by atoms with E-state index in [2.05, 4.69) is 33.8 Å². The molecule has 0 atom stereocenters. The summed E-state index contributed by atoms with van der Waals surface area (Å²) in [7, 11) is 0. The molecule has 0 saturated carbocycles. The standard InChI is InChI=1S/C21H24ClN3O2/c1-14-4-6-17(22)12-19(14)25-10-8-24(9-11-25)13-18-16(3)27-21(23-18)20-7-5-15(2)26-20/h4-7,12H,8-11,13H2,1-3H3. The van der Waals surface area contributed by atoms with Crippen molar-refractivity contribution in [1.82, 2.24) is 9.88 Å². The van der Waals surface area contributed by atoms with Gasteiger partial charge < -0.3 is 13.7 Å². The van der Waals surface area contributed by atoms with Crippen LogP contribution >= 0.6 is 11.6 Å². The maximum absolute atomic E-state index is 6.18. The molecule has 0 amide bonds. The lowest BCUT2D eigenvalue weighted by molar-refractivity contribution is 0.246. The predicted molar refractivity (Wildman–Crippen MR) is 107 cm³/mol. The Balaban J connectivity index is 1.41. The van der Waals surface area contributed by atoms with Gasteiger partial charge in [0.15, 0.2) is 5.76 Å². The molecule has 3 aromatic rings. The fraction of sp³-hybridized carbons (Fsp3) is 0.381. The van der Waals surface area contributed by atoms with E-state index in [1.165, 1.54) is 11.3 Å². The first-order valence-corrected chi connectivity index (χ1v) is 9.64. The minimum atomic E-state index is 0.559. The number of anilines is 1. The van der Waals surface area contributed by atoms with Crippen LogP contribution in [-0.2, 0) is 6.54 Å². The first-order valence-electron chi connectivity index (χ1n) is 9.26. The Hall–Kier alpha value is -2.24. The molecular weight excluding hydrogens is 362 g/mol. The number of aryl methyl sites for hydroxylation is 3. The van der Waals surface area contributed by atoms with Crippen molar-refractivity contribution in [3.63, 3.8) is 0 Å². The fourth-order valence-electron chi connectivity index (χ4n) is 3.51. The molecule has 1 aromatic carbocycles. The summed E-state index contributed by atoms with van der Waals surface area (Å²) in [5, 5.41) is 0.789. The van der Waals surface area contributed by atoms with Crippen molar-refractivity contribution in [3.8, 4) is 11.7 Å². The molecule has 1 saturated heterocycles. The molecule has 3 heterocycles. The van der Waals surface area contributed by atoms with Gasteiger partial charge in [0.2, 0.25) is 0 Å². The quantitative estimate of drug-likeness (QED) is 0.643. The molecule has 1 aliphatic heterocycles. The van der Waals surface area contributed by atoms with Gasteiger partial charge in [-0.05, 0) is 50.6 Å². The van der Waals surface area contributed by atoms with E-state index in [9.17, 15) is 0 Å². The summed E-state index contributed by atoms with van der Waals surface area (Å²) in [6, 6.07) is 9.91. The summed E-state index contributed by atoms with van der Waals surface area (Å²) in [4.78, 5) is 9.48. The van der Waals surface area contributed by atoms with Gasteiger partial charge >= 0.3 is 0 Å². The lowest BCUT2D eigenvalue weighted by Gasteiger charge is -2.36. The lowest BCUT2D eigenvalue weighted by Crippen LogP contribution is -2.46. The van der Waals surface area contributed by atoms with E-state index in [0.717, 1.165) is 55.0 Å². The van der Waals surface area contributed by atoms with Crippen LogP contribution in [-0.4, -0.2) is 36.1 Å². The number of benzene rings is 1. The van der Waals surface area contributed by atoms with Crippen LogP contribution in [0.3, 0.4) is 0 Å². The number of rotatable bonds is 4. The monoisotopic (exact) mass is 385 g/mol. The Labute approximate surface area is 164 Å². The van der Waals surface area contributed by atoms with Gasteiger partial charge in [-0.1, -0.05) is 17.7 Å². The highest BCUT2D eigenvalue weighted by molar-refractivity contribution is 6.30. The zero-order chi connectivity index (χ0) is 19.0. The second-order valence-electron chi connectivity index (χ2n) is 7.13. The van der Waals surface area contributed by atoms with Gasteiger partial charge in [0.05, 0.1) is 5.69 Å². The SMILES string of the molecule is Cc1ccc(-c2nc(CN3CCN(c4cc(Cl)ccc4C)CC3)c(C)o2)o1. The molecule has 6 heteroatoms. The van der Waals surface area contributed by atoms with Gasteiger partial charge in [-0.2, -0.15) is 0 Å². The first-order chi connectivity index (χ1) is 13.0. The summed E-state index contributed by atoms with van der Waals surface area (Å²) < 4.78 is 11.4. The van der Waals surface area contributed by atoms with E-state index < -0.39 is 0 Å². The molecule has 0 N–H and O–H groups in total. The largest absolute Gasteiger partial charge is 0.456 e. The van der Waals surface area contributed by atoms with Gasteiger partial charge in [-0.25, -0.2) is 4.98 Å². The summed E-state index contributed by atoms with van der Waals surface area (Å²) in [5.41, 5.74) is 3.47. The molecular formula is C21H24ClN3O2. The zero-order valence-corrected chi connectivity index (χ0v) is 16.7. The molecule has 0 aliphatic carbocycles. The van der Waals surface area contributed by atoms with Crippen molar-refractivity contribution in [3.05, 3.63) is 58.1 Å². The molecule has 0 bridgehead atoms. The number of hydrogen-bond donors (Lipinski definition) is 0. The van der Waals surface area contributed by atoms with Crippen molar-refractivity contribution in [2.24, 2.45) is 0 Å². The van der Waals surface area contributed by atoms with E-state index in [4.69, 9.17) is 20.4 Å². The predicted octanol–water partition coefficient (Wildman–Crippen LogP) is 4.84. The first kappa shape index (κ1) is 18.1. The highest BCUT2D eigenvalue weighted by atomic mass is 35.5. The average Bonchev–Trinajstić information content (AvgIpc) is 3.24. The van der Waals surface area contributed by atoms with Crippen LogP contribution in [0.1, 0.15) is 22.8 Å². The third-order valence-corrected chi connectivity index (χ3v) is 5.34. The summed E-state index contributed by atoms with van der Waals surface area (Å²) in [6.45, 7) is 10.7. The van der Waals surface area contributed by atoms with Crippen LogP contribution in [0.25, 0.3) is 11.7 Å². The number of furan rings is 1. The second-order valence-corrected chi connectivity index (χ2v) is 7.56. The third kappa shape index (κ3) is 3.89.